The molecule has 0 aromatic heterocycles. The van der Waals surface area contributed by atoms with Gasteiger partial charge in [0.2, 0.25) is 0 Å². The lowest BCUT2D eigenvalue weighted by atomic mass is 9.73. The number of benzene rings is 1. The van der Waals surface area contributed by atoms with Crippen molar-refractivity contribution in [2.24, 2.45) is 5.41 Å². The summed E-state index contributed by atoms with van der Waals surface area (Å²) in [6.07, 6.45) is 3.03. The van der Waals surface area contributed by atoms with E-state index < -0.39 is 17.5 Å². The molecule has 3 heteroatoms. The van der Waals surface area contributed by atoms with Gasteiger partial charge in [-0.3, -0.25) is 4.79 Å². The first kappa shape index (κ1) is 18.4. The van der Waals surface area contributed by atoms with Crippen molar-refractivity contribution in [1.29, 1.82) is 0 Å². The third-order valence-corrected chi connectivity index (χ3v) is 4.31. The zero-order chi connectivity index (χ0) is 16.8. The number of rotatable bonds is 9. The largest absolute Gasteiger partial charge is 0.481 e. The van der Waals surface area contributed by atoms with Crippen molar-refractivity contribution in [3.05, 3.63) is 48.0 Å². The third-order valence-electron chi connectivity index (χ3n) is 4.31. The average molecular weight is 304 g/mol. The molecule has 0 bridgehead atoms. The van der Waals surface area contributed by atoms with E-state index in [9.17, 15) is 15.0 Å². The summed E-state index contributed by atoms with van der Waals surface area (Å²) in [4.78, 5) is 11.5. The number of unbranched alkanes of at least 4 members (excludes halogenated alkanes) is 2. The maximum atomic E-state index is 11.5. The topological polar surface area (TPSA) is 57.5 Å². The Labute approximate surface area is 133 Å². The highest BCUT2D eigenvalue weighted by Gasteiger charge is 2.41. The Hall–Kier alpha value is -1.61. The van der Waals surface area contributed by atoms with Crippen LogP contribution in [0.15, 0.2) is 42.5 Å². The van der Waals surface area contributed by atoms with E-state index >= 15 is 0 Å². The molecule has 2 N–H and O–H groups in total. The summed E-state index contributed by atoms with van der Waals surface area (Å²) in [6, 6.07) is 9.58. The van der Waals surface area contributed by atoms with Crippen molar-refractivity contribution in [1.82, 2.24) is 0 Å². The average Bonchev–Trinajstić information content (AvgIpc) is 2.48. The number of aliphatic carboxylic acids is 1. The summed E-state index contributed by atoms with van der Waals surface area (Å²) in [5, 5.41) is 20.2. The number of aliphatic hydroxyl groups excluding tert-OH is 1. The van der Waals surface area contributed by atoms with E-state index in [0.717, 1.165) is 36.8 Å². The van der Waals surface area contributed by atoms with Gasteiger partial charge in [0.25, 0.3) is 0 Å². The molecule has 22 heavy (non-hydrogen) atoms. The van der Waals surface area contributed by atoms with Gasteiger partial charge in [-0.25, -0.2) is 0 Å². The zero-order valence-corrected chi connectivity index (χ0v) is 13.9. The standard InChI is InChI=1S/C19H28O3/c1-5-6-8-11-14(2)16(15-12-9-7-10-13-15)17(20)19(3,4)18(21)22/h7,9-10,12-13,16-17,20H,2,5-6,8,11H2,1,3-4H3,(H,21,22). The first-order valence-electron chi connectivity index (χ1n) is 7.96. The maximum Gasteiger partial charge on any atom is 0.311 e. The summed E-state index contributed by atoms with van der Waals surface area (Å²) in [5.41, 5.74) is 0.598. The van der Waals surface area contributed by atoms with Crippen LogP contribution in [-0.4, -0.2) is 22.3 Å². The molecule has 2 unspecified atom stereocenters. The summed E-state index contributed by atoms with van der Waals surface area (Å²) in [7, 11) is 0. The van der Waals surface area contributed by atoms with Crippen molar-refractivity contribution in [3.8, 4) is 0 Å². The number of carboxylic acid groups (broad SMARTS) is 1. The number of carbonyl (C=O) groups is 1. The second kappa shape index (κ2) is 8.14. The van der Waals surface area contributed by atoms with Crippen LogP contribution in [0.5, 0.6) is 0 Å². The Morgan fingerprint density at radius 3 is 2.32 bits per heavy atom. The van der Waals surface area contributed by atoms with Crippen molar-refractivity contribution in [3.63, 3.8) is 0 Å². The normalized spacial score (nSPS) is 14.4. The van der Waals surface area contributed by atoms with E-state index in [0.29, 0.717) is 0 Å². The van der Waals surface area contributed by atoms with Crippen LogP contribution in [0, 0.1) is 5.41 Å². The van der Waals surface area contributed by atoms with Gasteiger partial charge in [-0.2, -0.15) is 0 Å². The van der Waals surface area contributed by atoms with E-state index in [4.69, 9.17) is 0 Å². The quantitative estimate of drug-likeness (QED) is 0.526. The molecule has 0 aliphatic carbocycles. The van der Waals surface area contributed by atoms with Gasteiger partial charge in [0, 0.05) is 5.92 Å². The fraction of sp³-hybridized carbons (Fsp3) is 0.526. The van der Waals surface area contributed by atoms with Gasteiger partial charge in [0.05, 0.1) is 11.5 Å². The zero-order valence-electron chi connectivity index (χ0n) is 13.9. The Morgan fingerprint density at radius 1 is 1.23 bits per heavy atom. The van der Waals surface area contributed by atoms with Crippen LogP contribution in [0.3, 0.4) is 0 Å². The van der Waals surface area contributed by atoms with Gasteiger partial charge in [-0.15, -0.1) is 0 Å². The van der Waals surface area contributed by atoms with Gasteiger partial charge in [0.1, 0.15) is 0 Å². The van der Waals surface area contributed by atoms with E-state index in [1.165, 1.54) is 0 Å². The van der Waals surface area contributed by atoms with Crippen LogP contribution >= 0.6 is 0 Å². The van der Waals surface area contributed by atoms with Gasteiger partial charge in [-0.05, 0) is 32.3 Å². The van der Waals surface area contributed by atoms with E-state index in [-0.39, 0.29) is 5.92 Å². The number of hydrogen-bond donors (Lipinski definition) is 2. The van der Waals surface area contributed by atoms with Crippen molar-refractivity contribution in [2.45, 2.75) is 58.5 Å². The molecule has 0 radical (unpaired) electrons. The van der Waals surface area contributed by atoms with Crippen LogP contribution in [0.1, 0.15) is 57.9 Å². The first-order chi connectivity index (χ1) is 10.3. The molecular weight excluding hydrogens is 276 g/mol. The molecule has 1 aromatic rings. The molecule has 0 aliphatic heterocycles. The monoisotopic (exact) mass is 304 g/mol. The SMILES string of the molecule is C=C(CCCCC)C(c1ccccc1)C(O)C(C)(C)C(=O)O. The minimum Gasteiger partial charge on any atom is -0.481 e. The third kappa shape index (κ3) is 4.44. The molecule has 1 rings (SSSR count). The van der Waals surface area contributed by atoms with E-state index in [2.05, 4.69) is 13.5 Å². The molecule has 0 saturated carbocycles. The highest BCUT2D eigenvalue weighted by Crippen LogP contribution is 2.38. The Kier molecular flexibility index (Phi) is 6.82. The van der Waals surface area contributed by atoms with Crippen LogP contribution in [-0.2, 0) is 4.79 Å². The predicted octanol–water partition coefficient (Wildman–Crippen LogP) is 4.38. The first-order valence-corrected chi connectivity index (χ1v) is 7.96. The summed E-state index contributed by atoms with van der Waals surface area (Å²) in [5.74, 6) is -1.36. The second-order valence-corrected chi connectivity index (χ2v) is 6.48. The molecule has 122 valence electrons. The Morgan fingerprint density at radius 2 is 1.82 bits per heavy atom. The molecular formula is C19H28O3. The Bertz CT molecular complexity index is 491. The van der Waals surface area contributed by atoms with Crippen LogP contribution in [0.2, 0.25) is 0 Å². The maximum absolute atomic E-state index is 11.5. The second-order valence-electron chi connectivity index (χ2n) is 6.48. The minimum absolute atomic E-state index is 0.357. The molecule has 0 amide bonds. The molecule has 0 heterocycles. The van der Waals surface area contributed by atoms with Gasteiger partial charge >= 0.3 is 5.97 Å². The molecule has 0 saturated heterocycles. The predicted molar refractivity (Wildman–Crippen MR) is 89.9 cm³/mol. The highest BCUT2D eigenvalue weighted by atomic mass is 16.4. The fourth-order valence-electron chi connectivity index (χ4n) is 2.60. The fourth-order valence-corrected chi connectivity index (χ4v) is 2.60. The van der Waals surface area contributed by atoms with Crippen LogP contribution < -0.4 is 0 Å². The smallest absolute Gasteiger partial charge is 0.311 e. The molecule has 1 aromatic carbocycles. The lowest BCUT2D eigenvalue weighted by molar-refractivity contribution is -0.154. The minimum atomic E-state index is -1.23. The molecule has 0 fully saturated rings. The van der Waals surface area contributed by atoms with Crippen LogP contribution in [0.25, 0.3) is 0 Å². The van der Waals surface area contributed by atoms with Gasteiger partial charge in [-0.1, -0.05) is 62.2 Å². The molecule has 3 nitrogen and oxygen atoms in total. The lowest BCUT2D eigenvalue weighted by Crippen LogP contribution is -2.41. The van der Waals surface area contributed by atoms with Crippen molar-refractivity contribution in [2.75, 3.05) is 0 Å². The summed E-state index contributed by atoms with van der Waals surface area (Å²) in [6.45, 7) is 9.41. The highest BCUT2D eigenvalue weighted by molar-refractivity contribution is 5.74. The van der Waals surface area contributed by atoms with Gasteiger partial charge < -0.3 is 10.2 Å². The lowest BCUT2D eigenvalue weighted by Gasteiger charge is -2.34. The number of carboxylic acids is 1. The molecule has 0 spiro atoms. The van der Waals surface area contributed by atoms with E-state index in [1.807, 2.05) is 30.3 Å². The van der Waals surface area contributed by atoms with Gasteiger partial charge in [0.15, 0.2) is 0 Å². The number of hydrogen-bond acceptors (Lipinski definition) is 2. The van der Waals surface area contributed by atoms with Crippen molar-refractivity contribution < 1.29 is 15.0 Å². The Balaban J connectivity index is 3.07. The van der Waals surface area contributed by atoms with Crippen molar-refractivity contribution >= 4 is 5.97 Å². The molecule has 0 aliphatic rings. The van der Waals surface area contributed by atoms with E-state index in [1.54, 1.807) is 13.8 Å². The van der Waals surface area contributed by atoms with Crippen LogP contribution in [0.4, 0.5) is 0 Å². The summed E-state index contributed by atoms with van der Waals surface area (Å²) < 4.78 is 0. The molecule has 2 atom stereocenters. The summed E-state index contributed by atoms with van der Waals surface area (Å²) >= 11 is 0. The number of aliphatic hydroxyl groups is 1.